The molecule has 0 unspecified atom stereocenters. The number of hydrogen-bond donors (Lipinski definition) is 1. The largest absolute Gasteiger partial charge is 0.337 e. The van der Waals surface area contributed by atoms with Crippen LogP contribution in [0.2, 0.25) is 0 Å². The number of amides is 2. The van der Waals surface area contributed by atoms with Gasteiger partial charge in [0, 0.05) is 31.1 Å². The third kappa shape index (κ3) is 6.00. The van der Waals surface area contributed by atoms with Crippen molar-refractivity contribution < 1.29 is 4.79 Å². The molecule has 1 aromatic rings. The minimum atomic E-state index is 0.0975. The van der Waals surface area contributed by atoms with Gasteiger partial charge in [-0.15, -0.1) is 0 Å². The third-order valence-corrected chi connectivity index (χ3v) is 4.79. The molecular formula is C17H26N2OS. The fraction of sp³-hybridized carbons (Fsp3) is 0.588. The van der Waals surface area contributed by atoms with E-state index >= 15 is 0 Å². The highest BCUT2D eigenvalue weighted by Gasteiger charge is 2.25. The number of carbonyl (C=O) groups excluding carboxylic acids is 1. The van der Waals surface area contributed by atoms with Crippen molar-refractivity contribution in [2.45, 2.75) is 32.4 Å². The van der Waals surface area contributed by atoms with E-state index in [-0.39, 0.29) is 6.03 Å². The molecule has 0 saturated heterocycles. The van der Waals surface area contributed by atoms with E-state index in [9.17, 15) is 4.79 Å². The second-order valence-corrected chi connectivity index (χ2v) is 6.86. The molecule has 0 spiro atoms. The molecule has 1 aliphatic carbocycles. The highest BCUT2D eigenvalue weighted by Crippen LogP contribution is 2.29. The normalized spacial score (nSPS) is 14.0. The van der Waals surface area contributed by atoms with Crippen molar-refractivity contribution in [1.82, 2.24) is 10.2 Å². The van der Waals surface area contributed by atoms with Crippen LogP contribution in [0.3, 0.4) is 0 Å². The monoisotopic (exact) mass is 306 g/mol. The number of urea groups is 1. The maximum Gasteiger partial charge on any atom is 0.317 e. The zero-order chi connectivity index (χ0) is 15.1. The standard InChI is InChI=1S/C17H26N2OS/c1-3-19(12-15-8-9-15)17(20)18-10-11-21-13-16-6-4-14(2)5-7-16/h4-7,15H,3,8-13H2,1-2H3,(H,18,20). The Morgan fingerprint density at radius 3 is 2.67 bits per heavy atom. The fourth-order valence-corrected chi connectivity index (χ4v) is 3.00. The summed E-state index contributed by atoms with van der Waals surface area (Å²) in [5.41, 5.74) is 2.65. The number of hydrogen-bond acceptors (Lipinski definition) is 2. The van der Waals surface area contributed by atoms with Crippen LogP contribution in [0.4, 0.5) is 4.79 Å². The number of nitrogens with one attached hydrogen (secondary N) is 1. The van der Waals surface area contributed by atoms with Crippen LogP contribution in [0.15, 0.2) is 24.3 Å². The third-order valence-electron chi connectivity index (χ3n) is 3.76. The highest BCUT2D eigenvalue weighted by molar-refractivity contribution is 7.98. The Kier molecular flexibility index (Phi) is 6.43. The van der Waals surface area contributed by atoms with Gasteiger partial charge in [0.2, 0.25) is 0 Å². The van der Waals surface area contributed by atoms with Gasteiger partial charge in [0.05, 0.1) is 0 Å². The lowest BCUT2D eigenvalue weighted by Crippen LogP contribution is -2.41. The summed E-state index contributed by atoms with van der Waals surface area (Å²) in [6.07, 6.45) is 2.58. The molecule has 1 saturated carbocycles. The van der Waals surface area contributed by atoms with Crippen LogP contribution in [0.25, 0.3) is 0 Å². The molecular weight excluding hydrogens is 280 g/mol. The second-order valence-electron chi connectivity index (χ2n) is 5.75. The molecule has 0 aliphatic heterocycles. The molecule has 1 aliphatic rings. The van der Waals surface area contributed by atoms with Crippen LogP contribution in [0, 0.1) is 12.8 Å². The molecule has 116 valence electrons. The van der Waals surface area contributed by atoms with Crippen molar-refractivity contribution in [3.63, 3.8) is 0 Å². The highest BCUT2D eigenvalue weighted by atomic mass is 32.2. The summed E-state index contributed by atoms with van der Waals surface area (Å²) in [5.74, 6) is 2.72. The minimum Gasteiger partial charge on any atom is -0.337 e. The molecule has 0 bridgehead atoms. The average molecular weight is 306 g/mol. The van der Waals surface area contributed by atoms with Crippen molar-refractivity contribution >= 4 is 17.8 Å². The summed E-state index contributed by atoms with van der Waals surface area (Å²) in [7, 11) is 0. The number of aryl methyl sites for hydroxylation is 1. The van der Waals surface area contributed by atoms with Crippen LogP contribution >= 0.6 is 11.8 Å². The van der Waals surface area contributed by atoms with Crippen molar-refractivity contribution in [2.75, 3.05) is 25.4 Å². The molecule has 0 aromatic heterocycles. The smallest absolute Gasteiger partial charge is 0.317 e. The number of thioether (sulfide) groups is 1. The Morgan fingerprint density at radius 1 is 1.33 bits per heavy atom. The lowest BCUT2D eigenvalue weighted by atomic mass is 10.2. The molecule has 0 atom stereocenters. The van der Waals surface area contributed by atoms with E-state index in [0.717, 1.165) is 37.1 Å². The van der Waals surface area contributed by atoms with Crippen molar-refractivity contribution in [3.8, 4) is 0 Å². The minimum absolute atomic E-state index is 0.0975. The van der Waals surface area contributed by atoms with Crippen LogP contribution in [0.1, 0.15) is 30.9 Å². The predicted octanol–water partition coefficient (Wildman–Crippen LogP) is 3.67. The molecule has 2 amide bonds. The van der Waals surface area contributed by atoms with Crippen molar-refractivity contribution in [3.05, 3.63) is 35.4 Å². The SMILES string of the molecule is CCN(CC1CC1)C(=O)NCCSCc1ccc(C)cc1. The van der Waals surface area contributed by atoms with E-state index < -0.39 is 0 Å². The quantitative estimate of drug-likeness (QED) is 0.743. The van der Waals surface area contributed by atoms with Crippen molar-refractivity contribution in [2.24, 2.45) is 5.92 Å². The van der Waals surface area contributed by atoms with Gasteiger partial charge >= 0.3 is 6.03 Å². The molecule has 2 rings (SSSR count). The Balaban J connectivity index is 1.57. The topological polar surface area (TPSA) is 32.3 Å². The first-order valence-electron chi connectivity index (χ1n) is 7.85. The van der Waals surface area contributed by atoms with Crippen LogP contribution < -0.4 is 5.32 Å². The average Bonchev–Trinajstić information content (AvgIpc) is 3.30. The Hall–Kier alpha value is -1.16. The molecule has 4 heteroatoms. The predicted molar refractivity (Wildman–Crippen MR) is 90.7 cm³/mol. The van der Waals surface area contributed by atoms with Gasteiger partial charge in [-0.3, -0.25) is 0 Å². The maximum atomic E-state index is 12.0. The summed E-state index contributed by atoms with van der Waals surface area (Å²) < 4.78 is 0. The van der Waals surface area contributed by atoms with Gasteiger partial charge in [-0.1, -0.05) is 29.8 Å². The van der Waals surface area contributed by atoms with Gasteiger partial charge in [0.25, 0.3) is 0 Å². The number of carbonyl (C=O) groups is 1. The van der Waals surface area contributed by atoms with Crippen LogP contribution in [0.5, 0.6) is 0 Å². The molecule has 3 nitrogen and oxygen atoms in total. The zero-order valence-corrected chi connectivity index (χ0v) is 13.9. The van der Waals surface area contributed by atoms with Gasteiger partial charge in [-0.25, -0.2) is 4.79 Å². The Bertz CT molecular complexity index is 443. The van der Waals surface area contributed by atoms with E-state index in [1.54, 1.807) is 0 Å². The van der Waals surface area contributed by atoms with Crippen molar-refractivity contribution in [1.29, 1.82) is 0 Å². The lowest BCUT2D eigenvalue weighted by molar-refractivity contribution is 0.199. The van der Waals surface area contributed by atoms with E-state index in [1.807, 2.05) is 23.6 Å². The molecule has 1 N–H and O–H groups in total. The first kappa shape index (κ1) is 16.2. The van der Waals surface area contributed by atoms with Gasteiger partial charge in [0.15, 0.2) is 0 Å². The van der Waals surface area contributed by atoms with Crippen LogP contribution in [-0.2, 0) is 5.75 Å². The molecule has 21 heavy (non-hydrogen) atoms. The molecule has 0 radical (unpaired) electrons. The Morgan fingerprint density at radius 2 is 2.05 bits per heavy atom. The Labute approximate surface area is 132 Å². The number of nitrogens with zero attached hydrogens (tertiary/aromatic N) is 1. The summed E-state index contributed by atoms with van der Waals surface area (Å²) in [4.78, 5) is 13.9. The van der Waals surface area contributed by atoms with Gasteiger partial charge in [0.1, 0.15) is 0 Å². The maximum absolute atomic E-state index is 12.0. The second kappa shape index (κ2) is 8.32. The first-order chi connectivity index (χ1) is 10.2. The van der Waals surface area contributed by atoms with Gasteiger partial charge < -0.3 is 10.2 Å². The summed E-state index contributed by atoms with van der Waals surface area (Å²) >= 11 is 1.87. The van der Waals surface area contributed by atoms with Gasteiger partial charge in [-0.05, 0) is 38.2 Å². The first-order valence-corrected chi connectivity index (χ1v) is 9.00. The number of rotatable bonds is 8. The fourth-order valence-electron chi connectivity index (χ4n) is 2.18. The van der Waals surface area contributed by atoms with Crippen LogP contribution in [-0.4, -0.2) is 36.3 Å². The summed E-state index contributed by atoms with van der Waals surface area (Å²) in [5, 5.41) is 3.03. The van der Waals surface area contributed by atoms with Gasteiger partial charge in [-0.2, -0.15) is 11.8 Å². The molecule has 1 fully saturated rings. The molecule has 1 aromatic carbocycles. The lowest BCUT2D eigenvalue weighted by Gasteiger charge is -2.21. The summed E-state index contributed by atoms with van der Waals surface area (Å²) in [6.45, 7) is 6.63. The molecule has 0 heterocycles. The number of benzene rings is 1. The van der Waals surface area contributed by atoms with E-state index in [2.05, 4.69) is 36.5 Å². The zero-order valence-electron chi connectivity index (χ0n) is 13.1. The summed E-state index contributed by atoms with van der Waals surface area (Å²) in [6, 6.07) is 8.74. The van der Waals surface area contributed by atoms with E-state index in [0.29, 0.717) is 0 Å². The van der Waals surface area contributed by atoms with E-state index in [4.69, 9.17) is 0 Å². The van der Waals surface area contributed by atoms with E-state index in [1.165, 1.54) is 24.0 Å².